The fraction of sp³-hybridized carbons (Fsp3) is 0.692. The summed E-state index contributed by atoms with van der Waals surface area (Å²) in [5.41, 5.74) is 6.63. The topological polar surface area (TPSA) is 9.23 Å². The molecule has 0 saturated carbocycles. The Kier molecular flexibility index (Phi) is 9.54. The molecular formula is C26H42OSi2. The first-order valence-corrected chi connectivity index (χ1v) is 18.0. The predicted octanol–water partition coefficient (Wildman–Crippen LogP) is 7.98. The molecule has 0 heterocycles. The van der Waals surface area contributed by atoms with Crippen molar-refractivity contribution in [3.8, 4) is 23.7 Å². The molecule has 0 radical (unpaired) electrons. The summed E-state index contributed by atoms with van der Waals surface area (Å²) in [5, 5.41) is 0. The molecule has 0 aliphatic heterocycles. The van der Waals surface area contributed by atoms with Gasteiger partial charge in [-0.2, -0.15) is 0 Å². The van der Waals surface area contributed by atoms with E-state index in [1.54, 1.807) is 22.3 Å². The molecule has 0 saturated heterocycles. The Labute approximate surface area is 183 Å². The Hall–Kier alpha value is -1.01. The van der Waals surface area contributed by atoms with E-state index in [-0.39, 0.29) is 0 Å². The fourth-order valence-electron chi connectivity index (χ4n) is 5.03. The van der Waals surface area contributed by atoms with Gasteiger partial charge in [-0.25, -0.2) is 0 Å². The third kappa shape index (κ3) is 8.33. The molecule has 2 aliphatic carbocycles. The normalized spacial score (nSPS) is 17.3. The molecule has 0 spiro atoms. The average Bonchev–Trinajstić information content (AvgIpc) is 3.23. The summed E-state index contributed by atoms with van der Waals surface area (Å²) in [7, 11) is -3.43. The molecule has 0 aromatic heterocycles. The van der Waals surface area contributed by atoms with Crippen LogP contribution in [0.15, 0.2) is 22.3 Å². The van der Waals surface area contributed by atoms with Gasteiger partial charge in [0.1, 0.15) is 0 Å². The van der Waals surface area contributed by atoms with Crippen LogP contribution in [-0.4, -0.2) is 16.6 Å². The molecule has 1 nitrogen and oxygen atoms in total. The van der Waals surface area contributed by atoms with Crippen molar-refractivity contribution in [3.05, 3.63) is 22.3 Å². The number of hydrogen-bond acceptors (Lipinski definition) is 1. The monoisotopic (exact) mass is 426 g/mol. The van der Waals surface area contributed by atoms with Crippen LogP contribution in [0, 0.1) is 23.7 Å². The lowest BCUT2D eigenvalue weighted by atomic mass is 10.1. The van der Waals surface area contributed by atoms with Crippen molar-refractivity contribution in [2.24, 2.45) is 0 Å². The molecule has 160 valence electrons. The van der Waals surface area contributed by atoms with Gasteiger partial charge in [-0.05, 0) is 76.8 Å². The van der Waals surface area contributed by atoms with Gasteiger partial charge in [0, 0.05) is 25.7 Å². The van der Waals surface area contributed by atoms with Crippen LogP contribution in [0.3, 0.4) is 0 Å². The van der Waals surface area contributed by atoms with Gasteiger partial charge < -0.3 is 4.12 Å². The second-order valence-electron chi connectivity index (χ2n) is 9.86. The van der Waals surface area contributed by atoms with Gasteiger partial charge >= 0.3 is 0 Å². The molecule has 0 unspecified atom stereocenters. The molecule has 0 aromatic rings. The fourth-order valence-corrected chi connectivity index (χ4v) is 14.5. The van der Waals surface area contributed by atoms with E-state index in [0.717, 1.165) is 25.7 Å². The van der Waals surface area contributed by atoms with E-state index in [9.17, 15) is 0 Å². The maximum atomic E-state index is 7.03. The lowest BCUT2D eigenvalue weighted by Crippen LogP contribution is -2.44. The Morgan fingerprint density at radius 2 is 1.00 bits per heavy atom. The Morgan fingerprint density at radius 3 is 1.38 bits per heavy atom. The molecule has 0 amide bonds. The molecular weight excluding hydrogens is 384 g/mol. The maximum absolute atomic E-state index is 7.03. The predicted molar refractivity (Wildman–Crippen MR) is 133 cm³/mol. The van der Waals surface area contributed by atoms with Crippen LogP contribution in [0.25, 0.3) is 0 Å². The lowest BCUT2D eigenvalue weighted by molar-refractivity contribution is 0.543. The second kappa shape index (κ2) is 11.4. The average molecular weight is 427 g/mol. The number of rotatable bonds is 8. The third-order valence-corrected chi connectivity index (χ3v) is 12.9. The maximum Gasteiger partial charge on any atom is 0.177 e. The van der Waals surface area contributed by atoms with Gasteiger partial charge in [0.05, 0.1) is 0 Å². The molecule has 0 fully saturated rings. The summed E-state index contributed by atoms with van der Waals surface area (Å²) in [6, 6.07) is 2.42. The van der Waals surface area contributed by atoms with Crippen molar-refractivity contribution in [2.45, 2.75) is 116 Å². The zero-order valence-electron chi connectivity index (χ0n) is 19.9. The summed E-state index contributed by atoms with van der Waals surface area (Å²) < 4.78 is 7.03. The molecule has 3 heteroatoms. The zero-order chi connectivity index (χ0) is 21.3. The van der Waals surface area contributed by atoms with E-state index in [1.165, 1.54) is 50.6 Å². The summed E-state index contributed by atoms with van der Waals surface area (Å²) >= 11 is 0. The van der Waals surface area contributed by atoms with Crippen molar-refractivity contribution < 1.29 is 4.12 Å². The SMILES string of the molecule is CCC#CCC1=C(C[Si](C)(C)O[Si](C)(C)CC2=C(CC#CCC)CCC2)CCC1. The van der Waals surface area contributed by atoms with E-state index in [1.807, 2.05) is 0 Å². The van der Waals surface area contributed by atoms with E-state index in [0.29, 0.717) is 0 Å². The standard InChI is InChI=1S/C26H42OSi2/c1-7-9-11-15-23-17-13-19-25(23)21-28(3,4)27-29(5,6)22-26-20-14-18-24(26)16-12-10-8-2/h7-8,13-22H2,1-6H3. The van der Waals surface area contributed by atoms with Crippen LogP contribution in [0.5, 0.6) is 0 Å². The molecule has 2 rings (SSSR count). The van der Waals surface area contributed by atoms with Gasteiger partial charge in [-0.15, -0.1) is 11.8 Å². The molecule has 29 heavy (non-hydrogen) atoms. The van der Waals surface area contributed by atoms with Crippen molar-refractivity contribution in [1.29, 1.82) is 0 Å². The van der Waals surface area contributed by atoms with Crippen LogP contribution in [0.4, 0.5) is 0 Å². The summed E-state index contributed by atoms with van der Waals surface area (Å²) in [6.07, 6.45) is 11.6. The first-order chi connectivity index (χ1) is 13.8. The molecule has 0 atom stereocenters. The summed E-state index contributed by atoms with van der Waals surface area (Å²) in [5.74, 6) is 13.2. The van der Waals surface area contributed by atoms with Crippen LogP contribution >= 0.6 is 0 Å². The van der Waals surface area contributed by atoms with Crippen LogP contribution < -0.4 is 0 Å². The zero-order valence-corrected chi connectivity index (χ0v) is 21.9. The quantitative estimate of drug-likeness (QED) is 0.217. The number of allylic oxidation sites excluding steroid dienone is 4. The second-order valence-corrected chi connectivity index (χ2v) is 18.4. The highest BCUT2D eigenvalue weighted by Crippen LogP contribution is 2.38. The van der Waals surface area contributed by atoms with Gasteiger partial charge in [-0.1, -0.05) is 48.0 Å². The van der Waals surface area contributed by atoms with Crippen molar-refractivity contribution in [3.63, 3.8) is 0 Å². The van der Waals surface area contributed by atoms with Crippen LogP contribution in [0.1, 0.15) is 78.1 Å². The summed E-state index contributed by atoms with van der Waals surface area (Å²) in [6.45, 7) is 14.0. The Bertz CT molecular complexity index is 683. The Balaban J connectivity index is 2.02. The minimum Gasteiger partial charge on any atom is -0.455 e. The molecule has 0 N–H and O–H groups in total. The third-order valence-electron chi connectivity index (χ3n) is 5.95. The summed E-state index contributed by atoms with van der Waals surface area (Å²) in [4.78, 5) is 0. The van der Waals surface area contributed by atoms with E-state index >= 15 is 0 Å². The van der Waals surface area contributed by atoms with Crippen molar-refractivity contribution in [2.75, 3.05) is 0 Å². The first kappa shape index (κ1) is 24.3. The number of hydrogen-bond donors (Lipinski definition) is 0. The highest BCUT2D eigenvalue weighted by atomic mass is 28.4. The highest BCUT2D eigenvalue weighted by molar-refractivity contribution is 6.85. The van der Waals surface area contributed by atoms with E-state index in [2.05, 4.69) is 63.7 Å². The molecule has 2 aliphatic rings. The molecule has 0 aromatic carbocycles. The van der Waals surface area contributed by atoms with Crippen LogP contribution in [0.2, 0.25) is 38.3 Å². The van der Waals surface area contributed by atoms with Crippen molar-refractivity contribution in [1.82, 2.24) is 0 Å². The van der Waals surface area contributed by atoms with Crippen LogP contribution in [-0.2, 0) is 4.12 Å². The van der Waals surface area contributed by atoms with Gasteiger partial charge in [0.25, 0.3) is 0 Å². The van der Waals surface area contributed by atoms with Gasteiger partial charge in [0.15, 0.2) is 16.6 Å². The van der Waals surface area contributed by atoms with Gasteiger partial charge in [-0.3, -0.25) is 0 Å². The molecule has 0 bridgehead atoms. The largest absolute Gasteiger partial charge is 0.455 e. The van der Waals surface area contributed by atoms with E-state index in [4.69, 9.17) is 4.12 Å². The first-order valence-electron chi connectivity index (χ1n) is 11.8. The van der Waals surface area contributed by atoms with Gasteiger partial charge in [0.2, 0.25) is 0 Å². The highest BCUT2D eigenvalue weighted by Gasteiger charge is 2.36. The van der Waals surface area contributed by atoms with E-state index < -0.39 is 16.6 Å². The lowest BCUT2D eigenvalue weighted by Gasteiger charge is -2.35. The minimum absolute atomic E-state index is 0.966. The van der Waals surface area contributed by atoms with Crippen molar-refractivity contribution >= 4 is 16.6 Å². The smallest absolute Gasteiger partial charge is 0.177 e. The minimum atomic E-state index is -1.71. The Morgan fingerprint density at radius 1 is 0.621 bits per heavy atom.